The molecular weight excluding hydrogens is 192 g/mol. The van der Waals surface area contributed by atoms with Gasteiger partial charge in [0, 0.05) is 6.72 Å². The van der Waals surface area contributed by atoms with Crippen LogP contribution in [0.3, 0.4) is 0 Å². The average molecular weight is 206 g/mol. The van der Waals surface area contributed by atoms with Crippen LogP contribution in [0.15, 0.2) is 34.5 Å². The minimum absolute atomic E-state index is 0.415. The molecule has 1 aromatic rings. The first-order valence-corrected chi connectivity index (χ1v) is 4.39. The molecule has 0 aliphatic rings. The molecule has 2 N–H and O–H groups in total. The van der Waals surface area contributed by atoms with Gasteiger partial charge in [-0.2, -0.15) is 10.2 Å². The highest BCUT2D eigenvalue weighted by molar-refractivity contribution is 5.78. The van der Waals surface area contributed by atoms with Gasteiger partial charge in [0.25, 0.3) is 0 Å². The van der Waals surface area contributed by atoms with Crippen LogP contribution in [-0.2, 0) is 0 Å². The number of methoxy groups -OCH3 is 1. The Morgan fingerprint density at radius 3 is 2.40 bits per heavy atom. The molecule has 1 aromatic carbocycles. The smallest absolute Gasteiger partial charge is 0.119 e. The van der Waals surface area contributed by atoms with Gasteiger partial charge in [-0.25, -0.2) is 0 Å². The Labute approximate surface area is 88.8 Å². The molecule has 0 aromatic heterocycles. The molecule has 0 spiro atoms. The minimum atomic E-state index is 0.415. The first-order valence-electron chi connectivity index (χ1n) is 4.39. The standard InChI is InChI=1S/C10H14N4O/c1-8(11)13-14(12-2)9-4-6-10(15-3)7-5-9/h4-7H,2H2,1,3H3,(H2,11,13). The van der Waals surface area contributed by atoms with E-state index in [9.17, 15) is 0 Å². The predicted molar refractivity (Wildman–Crippen MR) is 62.3 cm³/mol. The quantitative estimate of drug-likeness (QED) is 0.460. The number of hydrogen-bond acceptors (Lipinski definition) is 4. The fourth-order valence-electron chi connectivity index (χ4n) is 1.04. The first kappa shape index (κ1) is 11.0. The van der Waals surface area contributed by atoms with E-state index in [2.05, 4.69) is 16.9 Å². The highest BCUT2D eigenvalue weighted by atomic mass is 16.5. The molecule has 0 bridgehead atoms. The summed E-state index contributed by atoms with van der Waals surface area (Å²) in [7, 11) is 1.61. The van der Waals surface area contributed by atoms with Gasteiger partial charge < -0.3 is 10.5 Å². The average Bonchev–Trinajstić information content (AvgIpc) is 2.26. The van der Waals surface area contributed by atoms with E-state index in [0.29, 0.717) is 5.84 Å². The van der Waals surface area contributed by atoms with E-state index in [-0.39, 0.29) is 0 Å². The minimum Gasteiger partial charge on any atom is -0.497 e. The zero-order valence-electron chi connectivity index (χ0n) is 8.84. The molecule has 80 valence electrons. The van der Waals surface area contributed by atoms with Gasteiger partial charge in [0.1, 0.15) is 11.6 Å². The zero-order chi connectivity index (χ0) is 11.3. The summed E-state index contributed by atoms with van der Waals surface area (Å²) < 4.78 is 5.04. The van der Waals surface area contributed by atoms with Gasteiger partial charge in [-0.1, -0.05) is 0 Å². The Hall–Kier alpha value is -2.04. The van der Waals surface area contributed by atoms with Crippen molar-refractivity contribution in [3.05, 3.63) is 24.3 Å². The highest BCUT2D eigenvalue weighted by Gasteiger charge is 2.02. The van der Waals surface area contributed by atoms with Crippen LogP contribution in [0, 0.1) is 0 Å². The zero-order valence-corrected chi connectivity index (χ0v) is 8.84. The van der Waals surface area contributed by atoms with Crippen LogP contribution in [0.25, 0.3) is 0 Å². The summed E-state index contributed by atoms with van der Waals surface area (Å²) in [5.41, 5.74) is 6.23. The molecule has 0 fully saturated rings. The highest BCUT2D eigenvalue weighted by Crippen LogP contribution is 2.19. The Bertz CT molecular complexity index is 354. The van der Waals surface area contributed by atoms with Crippen molar-refractivity contribution < 1.29 is 4.74 Å². The second-order valence-electron chi connectivity index (χ2n) is 2.87. The van der Waals surface area contributed by atoms with Crippen molar-refractivity contribution >= 4 is 18.2 Å². The largest absolute Gasteiger partial charge is 0.497 e. The third-order valence-electron chi connectivity index (χ3n) is 1.69. The number of ether oxygens (including phenoxy) is 1. The molecule has 0 radical (unpaired) electrons. The topological polar surface area (TPSA) is 63.2 Å². The van der Waals surface area contributed by atoms with E-state index in [1.165, 1.54) is 5.12 Å². The lowest BCUT2D eigenvalue weighted by Gasteiger charge is -2.12. The second-order valence-corrected chi connectivity index (χ2v) is 2.87. The number of nitrogens with two attached hydrogens (primary N) is 1. The fraction of sp³-hybridized carbons (Fsp3) is 0.200. The molecule has 0 amide bonds. The third-order valence-corrected chi connectivity index (χ3v) is 1.69. The molecule has 1 rings (SSSR count). The summed E-state index contributed by atoms with van der Waals surface area (Å²) in [4.78, 5) is 0. The van der Waals surface area contributed by atoms with Crippen molar-refractivity contribution in [2.45, 2.75) is 6.92 Å². The number of anilines is 1. The monoisotopic (exact) mass is 206 g/mol. The van der Waals surface area contributed by atoms with Gasteiger partial charge in [0.05, 0.1) is 12.8 Å². The molecular formula is C10H14N4O. The maximum Gasteiger partial charge on any atom is 0.119 e. The molecule has 0 heterocycles. The lowest BCUT2D eigenvalue weighted by Crippen LogP contribution is -2.15. The summed E-state index contributed by atoms with van der Waals surface area (Å²) in [6, 6.07) is 7.27. The van der Waals surface area contributed by atoms with Crippen LogP contribution in [-0.4, -0.2) is 19.7 Å². The van der Waals surface area contributed by atoms with Crippen molar-refractivity contribution in [2.75, 3.05) is 12.2 Å². The number of rotatable bonds is 4. The van der Waals surface area contributed by atoms with Crippen molar-refractivity contribution in [2.24, 2.45) is 15.9 Å². The molecule has 0 atom stereocenters. The number of hydrogen-bond donors (Lipinski definition) is 1. The number of nitrogens with zero attached hydrogens (tertiary/aromatic N) is 3. The molecule has 0 aliphatic heterocycles. The molecule has 5 heteroatoms. The predicted octanol–water partition coefficient (Wildman–Crippen LogP) is 1.41. The number of benzene rings is 1. The van der Waals surface area contributed by atoms with Gasteiger partial charge in [0.2, 0.25) is 0 Å². The summed E-state index contributed by atoms with van der Waals surface area (Å²) >= 11 is 0. The van der Waals surface area contributed by atoms with Gasteiger partial charge in [-0.15, -0.1) is 5.10 Å². The van der Waals surface area contributed by atoms with Crippen LogP contribution in [0.5, 0.6) is 5.75 Å². The molecule has 0 saturated carbocycles. The van der Waals surface area contributed by atoms with Crippen molar-refractivity contribution in [3.8, 4) is 5.75 Å². The van der Waals surface area contributed by atoms with Gasteiger partial charge in [0.15, 0.2) is 0 Å². The van der Waals surface area contributed by atoms with Crippen LogP contribution < -0.4 is 15.6 Å². The Balaban J connectivity index is 2.93. The second kappa shape index (κ2) is 4.99. The van der Waals surface area contributed by atoms with E-state index < -0.39 is 0 Å². The van der Waals surface area contributed by atoms with Crippen LogP contribution in [0.1, 0.15) is 6.92 Å². The molecule has 0 unspecified atom stereocenters. The molecule has 5 nitrogen and oxygen atoms in total. The normalized spacial score (nSPS) is 10.9. The first-order chi connectivity index (χ1) is 7.17. The van der Waals surface area contributed by atoms with E-state index in [1.807, 2.05) is 24.3 Å². The van der Waals surface area contributed by atoms with Gasteiger partial charge in [-0.05, 0) is 31.2 Å². The Morgan fingerprint density at radius 2 is 2.00 bits per heavy atom. The SMILES string of the molecule is C=NN(/N=C(/C)N)c1ccc(OC)cc1. The van der Waals surface area contributed by atoms with Gasteiger partial charge in [-0.3, -0.25) is 0 Å². The number of amidine groups is 1. The van der Waals surface area contributed by atoms with E-state index in [0.717, 1.165) is 11.4 Å². The van der Waals surface area contributed by atoms with Crippen molar-refractivity contribution in [3.63, 3.8) is 0 Å². The van der Waals surface area contributed by atoms with Crippen LogP contribution in [0.2, 0.25) is 0 Å². The molecule has 0 aliphatic carbocycles. The Kier molecular flexibility index (Phi) is 3.68. The van der Waals surface area contributed by atoms with E-state index >= 15 is 0 Å². The summed E-state index contributed by atoms with van der Waals surface area (Å²) in [5, 5.41) is 9.06. The van der Waals surface area contributed by atoms with E-state index in [1.54, 1.807) is 14.0 Å². The van der Waals surface area contributed by atoms with Gasteiger partial charge >= 0.3 is 0 Å². The fourth-order valence-corrected chi connectivity index (χ4v) is 1.04. The maximum absolute atomic E-state index is 5.46. The molecule has 0 saturated heterocycles. The lowest BCUT2D eigenvalue weighted by molar-refractivity contribution is 0.415. The summed E-state index contributed by atoms with van der Waals surface area (Å²) in [6.07, 6.45) is 0. The number of hydrazone groups is 2. The Morgan fingerprint density at radius 1 is 1.40 bits per heavy atom. The third kappa shape index (κ3) is 2.98. The summed E-state index contributed by atoms with van der Waals surface area (Å²) in [6.45, 7) is 5.10. The lowest BCUT2D eigenvalue weighted by atomic mass is 10.3. The van der Waals surface area contributed by atoms with Crippen molar-refractivity contribution in [1.29, 1.82) is 0 Å². The van der Waals surface area contributed by atoms with E-state index in [4.69, 9.17) is 10.5 Å². The summed E-state index contributed by atoms with van der Waals surface area (Å²) in [5.74, 6) is 1.19. The van der Waals surface area contributed by atoms with Crippen LogP contribution in [0.4, 0.5) is 5.69 Å². The van der Waals surface area contributed by atoms with Crippen LogP contribution >= 0.6 is 0 Å². The molecule has 15 heavy (non-hydrogen) atoms. The maximum atomic E-state index is 5.46. The van der Waals surface area contributed by atoms with Crippen molar-refractivity contribution in [1.82, 2.24) is 0 Å².